The smallest absolute Gasteiger partial charge is 0.409 e. The molecule has 0 atom stereocenters. The molecule has 2 rings (SSSR count). The van der Waals surface area contributed by atoms with Crippen LogP contribution in [0, 0.1) is 0 Å². The summed E-state index contributed by atoms with van der Waals surface area (Å²) in [5, 5.41) is 9.67. The van der Waals surface area contributed by atoms with Crippen molar-refractivity contribution in [1.29, 1.82) is 0 Å². The van der Waals surface area contributed by atoms with Gasteiger partial charge in [-0.15, -0.1) is 0 Å². The highest BCUT2D eigenvalue weighted by atomic mass is 16.6. The highest BCUT2D eigenvalue weighted by Crippen LogP contribution is 2.25. The lowest BCUT2D eigenvalue weighted by molar-refractivity contribution is 0.0133. The third-order valence-electron chi connectivity index (χ3n) is 4.27. The quantitative estimate of drug-likeness (QED) is 0.802. The Kier molecular flexibility index (Phi) is 5.71. The lowest BCUT2D eigenvalue weighted by Gasteiger charge is -2.46. The Labute approximate surface area is 147 Å². The Morgan fingerprint density at radius 3 is 2.72 bits per heavy atom. The number of hydrogen-bond acceptors (Lipinski definition) is 6. The van der Waals surface area contributed by atoms with E-state index in [0.717, 1.165) is 12.8 Å². The number of nitrogens with zero attached hydrogens (tertiary/aromatic N) is 3. The van der Waals surface area contributed by atoms with Gasteiger partial charge in [0.1, 0.15) is 0 Å². The molecule has 0 spiro atoms. The maximum Gasteiger partial charge on any atom is 0.409 e. The Morgan fingerprint density at radius 1 is 1.40 bits per heavy atom. The number of nitrogens with two attached hydrogens (primary N) is 1. The summed E-state index contributed by atoms with van der Waals surface area (Å²) in [6.45, 7) is 7.37. The van der Waals surface area contributed by atoms with E-state index in [1.807, 2.05) is 20.8 Å². The second kappa shape index (κ2) is 7.58. The molecule has 0 aliphatic carbocycles. The van der Waals surface area contributed by atoms with Crippen LogP contribution < -0.4 is 5.73 Å². The molecule has 25 heavy (non-hydrogen) atoms. The largest absolute Gasteiger partial charge is 0.504 e. The number of nitrogen functional groups attached to an aromatic ring is 1. The summed E-state index contributed by atoms with van der Waals surface area (Å²) in [5.74, 6) is -0.496. The average molecular weight is 350 g/mol. The van der Waals surface area contributed by atoms with Gasteiger partial charge in [0.05, 0.1) is 17.7 Å². The summed E-state index contributed by atoms with van der Waals surface area (Å²) in [6.07, 6.45) is 2.80. The van der Waals surface area contributed by atoms with Crippen LogP contribution in [0.4, 0.5) is 10.6 Å². The van der Waals surface area contributed by atoms with Gasteiger partial charge in [0.2, 0.25) is 0 Å². The van der Waals surface area contributed by atoms with Crippen LogP contribution in [0.5, 0.6) is 5.75 Å². The Morgan fingerprint density at radius 2 is 2.12 bits per heavy atom. The highest BCUT2D eigenvalue weighted by molar-refractivity contribution is 5.95. The SMILES string of the molecule is CCCCOC(=O)N1CCN(C(=O)c2cnc(N)c(O)c2)C(C)(C)C1. The van der Waals surface area contributed by atoms with E-state index in [1.165, 1.54) is 12.3 Å². The molecular formula is C17H26N4O4. The van der Waals surface area contributed by atoms with E-state index in [1.54, 1.807) is 9.80 Å². The first kappa shape index (κ1) is 18.8. The van der Waals surface area contributed by atoms with Gasteiger partial charge in [-0.25, -0.2) is 9.78 Å². The predicted octanol–water partition coefficient (Wildman–Crippen LogP) is 1.84. The molecule has 1 fully saturated rings. The minimum absolute atomic E-state index is 0.0181. The summed E-state index contributed by atoms with van der Waals surface area (Å²) in [6, 6.07) is 1.31. The van der Waals surface area contributed by atoms with Crippen LogP contribution in [0.2, 0.25) is 0 Å². The predicted molar refractivity (Wildman–Crippen MR) is 93.3 cm³/mol. The van der Waals surface area contributed by atoms with Crippen molar-refractivity contribution in [3.8, 4) is 5.75 Å². The van der Waals surface area contributed by atoms with Crippen LogP contribution >= 0.6 is 0 Å². The molecule has 0 aromatic carbocycles. The van der Waals surface area contributed by atoms with Crippen molar-refractivity contribution in [2.45, 2.75) is 39.2 Å². The van der Waals surface area contributed by atoms with Crippen molar-refractivity contribution >= 4 is 17.8 Å². The summed E-state index contributed by atoms with van der Waals surface area (Å²) in [7, 11) is 0. The van der Waals surface area contributed by atoms with Crippen molar-refractivity contribution in [2.24, 2.45) is 0 Å². The van der Waals surface area contributed by atoms with Crippen LogP contribution in [0.1, 0.15) is 44.0 Å². The van der Waals surface area contributed by atoms with E-state index in [0.29, 0.717) is 26.2 Å². The van der Waals surface area contributed by atoms with Crippen molar-refractivity contribution in [1.82, 2.24) is 14.8 Å². The van der Waals surface area contributed by atoms with Crippen LogP contribution in [0.15, 0.2) is 12.3 Å². The number of ether oxygens (including phenoxy) is 1. The second-order valence-corrected chi connectivity index (χ2v) is 6.79. The molecule has 8 heteroatoms. The van der Waals surface area contributed by atoms with Gasteiger partial charge < -0.3 is 25.4 Å². The molecule has 8 nitrogen and oxygen atoms in total. The number of piperazine rings is 1. The summed E-state index contributed by atoms with van der Waals surface area (Å²) in [4.78, 5) is 32.0. The number of anilines is 1. The molecule has 138 valence electrons. The fourth-order valence-electron chi connectivity index (χ4n) is 2.82. The van der Waals surface area contributed by atoms with E-state index >= 15 is 0 Å². The fraction of sp³-hybridized carbons (Fsp3) is 0.588. The Balaban J connectivity index is 2.05. The first-order valence-electron chi connectivity index (χ1n) is 8.44. The lowest BCUT2D eigenvalue weighted by Crippen LogP contribution is -2.62. The standard InChI is InChI=1S/C17H26N4O4/c1-4-5-8-25-16(24)20-6-7-21(17(2,3)11-20)15(23)12-9-13(22)14(18)19-10-12/h9-10,22H,4-8,11H2,1-3H3,(H2,18,19). The molecule has 1 aliphatic rings. The zero-order valence-electron chi connectivity index (χ0n) is 15.0. The number of hydrogen-bond donors (Lipinski definition) is 2. The first-order chi connectivity index (χ1) is 11.8. The van der Waals surface area contributed by atoms with E-state index in [2.05, 4.69) is 4.98 Å². The third kappa shape index (κ3) is 4.32. The van der Waals surface area contributed by atoms with Gasteiger partial charge in [0.25, 0.3) is 5.91 Å². The third-order valence-corrected chi connectivity index (χ3v) is 4.27. The summed E-state index contributed by atoms with van der Waals surface area (Å²) in [5.41, 5.74) is 5.17. The van der Waals surface area contributed by atoms with Gasteiger partial charge in [-0.2, -0.15) is 0 Å². The first-order valence-corrected chi connectivity index (χ1v) is 8.44. The normalized spacial score (nSPS) is 16.6. The van der Waals surface area contributed by atoms with E-state index in [-0.39, 0.29) is 29.1 Å². The van der Waals surface area contributed by atoms with E-state index in [9.17, 15) is 14.7 Å². The number of carbonyl (C=O) groups excluding carboxylic acids is 2. The Bertz CT molecular complexity index is 648. The van der Waals surface area contributed by atoms with Crippen molar-refractivity contribution < 1.29 is 19.4 Å². The fourth-order valence-corrected chi connectivity index (χ4v) is 2.82. The molecule has 1 aromatic rings. The molecule has 0 saturated carbocycles. The van der Waals surface area contributed by atoms with Gasteiger partial charge in [-0.05, 0) is 26.3 Å². The molecule has 2 amide bonds. The number of amides is 2. The second-order valence-electron chi connectivity index (χ2n) is 6.79. The number of unbranched alkanes of at least 4 members (excludes halogenated alkanes) is 1. The van der Waals surface area contributed by atoms with Crippen LogP contribution in [-0.2, 0) is 4.74 Å². The topological polar surface area (TPSA) is 109 Å². The number of aromatic nitrogens is 1. The molecule has 1 saturated heterocycles. The number of rotatable bonds is 4. The molecule has 0 bridgehead atoms. The van der Waals surface area contributed by atoms with Crippen LogP contribution in [-0.4, -0.2) is 63.7 Å². The molecule has 0 radical (unpaired) electrons. The van der Waals surface area contributed by atoms with Crippen molar-refractivity contribution in [3.05, 3.63) is 17.8 Å². The molecular weight excluding hydrogens is 324 g/mol. The van der Waals surface area contributed by atoms with Gasteiger partial charge >= 0.3 is 6.09 Å². The number of aromatic hydroxyl groups is 1. The number of carbonyl (C=O) groups is 2. The highest BCUT2D eigenvalue weighted by Gasteiger charge is 2.39. The maximum absolute atomic E-state index is 12.8. The van der Waals surface area contributed by atoms with Crippen LogP contribution in [0.3, 0.4) is 0 Å². The molecule has 3 N–H and O–H groups in total. The van der Waals surface area contributed by atoms with Crippen LogP contribution in [0.25, 0.3) is 0 Å². The van der Waals surface area contributed by atoms with Crippen molar-refractivity contribution in [2.75, 3.05) is 32.0 Å². The molecule has 1 aliphatic heterocycles. The molecule has 1 aromatic heterocycles. The molecule has 0 unspecified atom stereocenters. The Hall–Kier alpha value is -2.51. The van der Waals surface area contributed by atoms with E-state index < -0.39 is 5.54 Å². The lowest BCUT2D eigenvalue weighted by atomic mass is 9.98. The average Bonchev–Trinajstić information content (AvgIpc) is 2.56. The maximum atomic E-state index is 12.8. The summed E-state index contributed by atoms with van der Waals surface area (Å²) >= 11 is 0. The van der Waals surface area contributed by atoms with Gasteiger partial charge in [-0.1, -0.05) is 13.3 Å². The van der Waals surface area contributed by atoms with Crippen molar-refractivity contribution in [3.63, 3.8) is 0 Å². The van der Waals surface area contributed by atoms with Gasteiger partial charge in [-0.3, -0.25) is 4.79 Å². The monoisotopic (exact) mass is 350 g/mol. The minimum atomic E-state index is -0.573. The molecule has 2 heterocycles. The van der Waals surface area contributed by atoms with E-state index in [4.69, 9.17) is 10.5 Å². The zero-order chi connectivity index (χ0) is 18.6. The van der Waals surface area contributed by atoms with Gasteiger partial charge in [0.15, 0.2) is 11.6 Å². The minimum Gasteiger partial charge on any atom is -0.504 e. The van der Waals surface area contributed by atoms with Gasteiger partial charge in [0, 0.05) is 25.8 Å². The number of pyridine rings is 1. The zero-order valence-corrected chi connectivity index (χ0v) is 15.0. The summed E-state index contributed by atoms with van der Waals surface area (Å²) < 4.78 is 5.25.